The van der Waals surface area contributed by atoms with Crippen molar-refractivity contribution >= 4 is 40.5 Å². The van der Waals surface area contributed by atoms with Crippen LogP contribution in [-0.2, 0) is 36.8 Å². The molecule has 0 aliphatic carbocycles. The number of primary amides is 1. The number of para-hydroxylation sites is 1. The van der Waals surface area contributed by atoms with Gasteiger partial charge in [-0.05, 0) is 37.4 Å². The second-order valence-electron chi connectivity index (χ2n) is 9.93. The summed E-state index contributed by atoms with van der Waals surface area (Å²) in [7, 11) is 0. The molecule has 0 saturated heterocycles. The number of hydrogen-bond acceptors (Lipinski definition) is 8. The number of nitrogens with zero attached hydrogens (tertiary/aromatic N) is 1. The number of aromatic nitrogens is 3. The molecule has 15 heteroatoms. The fraction of sp³-hybridized carbons (Fsp3) is 0.407. The molecule has 0 aliphatic heterocycles. The van der Waals surface area contributed by atoms with Gasteiger partial charge in [-0.15, -0.1) is 0 Å². The number of aromatic amines is 2. The van der Waals surface area contributed by atoms with E-state index in [1.165, 1.54) is 12.5 Å². The van der Waals surface area contributed by atoms with Crippen molar-refractivity contribution < 1.29 is 29.1 Å². The van der Waals surface area contributed by atoms with Gasteiger partial charge in [0.1, 0.15) is 18.1 Å². The number of H-pyrrole nitrogens is 2. The van der Waals surface area contributed by atoms with Gasteiger partial charge in [-0.25, -0.2) is 9.78 Å². The lowest BCUT2D eigenvalue weighted by molar-refractivity contribution is -0.142. The molecule has 226 valence electrons. The van der Waals surface area contributed by atoms with Crippen LogP contribution in [0, 0.1) is 0 Å². The van der Waals surface area contributed by atoms with Crippen LogP contribution >= 0.6 is 0 Å². The highest BCUT2D eigenvalue weighted by Gasteiger charge is 2.31. The Morgan fingerprint density at radius 3 is 2.26 bits per heavy atom. The van der Waals surface area contributed by atoms with E-state index >= 15 is 0 Å². The van der Waals surface area contributed by atoms with E-state index in [9.17, 15) is 29.1 Å². The summed E-state index contributed by atoms with van der Waals surface area (Å²) in [6.45, 7) is 0.342. The fourth-order valence-electron chi connectivity index (χ4n) is 4.44. The molecule has 4 atom stereocenters. The number of unbranched alkanes of at least 4 members (excludes halogenated alkanes) is 1. The second-order valence-corrected chi connectivity index (χ2v) is 9.93. The van der Waals surface area contributed by atoms with Crippen LogP contribution in [0.4, 0.5) is 0 Å². The predicted octanol–water partition coefficient (Wildman–Crippen LogP) is -1.45. The number of rotatable bonds is 17. The van der Waals surface area contributed by atoms with Gasteiger partial charge in [0.15, 0.2) is 0 Å². The van der Waals surface area contributed by atoms with Gasteiger partial charge < -0.3 is 48.2 Å². The predicted molar refractivity (Wildman–Crippen MR) is 152 cm³/mol. The van der Waals surface area contributed by atoms with Gasteiger partial charge in [0.25, 0.3) is 0 Å². The quantitative estimate of drug-likeness (QED) is 0.0840. The van der Waals surface area contributed by atoms with E-state index in [0.29, 0.717) is 30.6 Å². The Morgan fingerprint density at radius 1 is 0.905 bits per heavy atom. The maximum absolute atomic E-state index is 13.3. The van der Waals surface area contributed by atoms with Gasteiger partial charge in [0.2, 0.25) is 23.6 Å². The van der Waals surface area contributed by atoms with Crippen molar-refractivity contribution in [2.75, 3.05) is 6.54 Å². The van der Waals surface area contributed by atoms with E-state index in [0.717, 1.165) is 10.9 Å². The highest BCUT2D eigenvalue weighted by Crippen LogP contribution is 2.19. The van der Waals surface area contributed by atoms with Crippen LogP contribution in [0.2, 0.25) is 0 Å². The summed E-state index contributed by atoms with van der Waals surface area (Å²) < 4.78 is 0. The SMILES string of the molecule is NCCCCC(NC(=O)C(CC(N)=O)NC(=O)C(N)Cc1cnc[nH]1)C(=O)NC(Cc1c[nH]c2ccccc12)C(=O)O. The van der Waals surface area contributed by atoms with Crippen LogP contribution < -0.4 is 33.2 Å². The first-order chi connectivity index (χ1) is 20.1. The third-order valence-corrected chi connectivity index (χ3v) is 6.66. The first kappa shape index (κ1) is 31.8. The van der Waals surface area contributed by atoms with Crippen molar-refractivity contribution in [1.82, 2.24) is 30.9 Å². The molecule has 15 nitrogen and oxygen atoms in total. The number of hydrogen-bond donors (Lipinski definition) is 9. The number of nitrogens with one attached hydrogen (secondary N) is 5. The van der Waals surface area contributed by atoms with E-state index in [2.05, 4.69) is 30.9 Å². The smallest absolute Gasteiger partial charge is 0.326 e. The molecule has 4 unspecified atom stereocenters. The molecule has 42 heavy (non-hydrogen) atoms. The first-order valence-corrected chi connectivity index (χ1v) is 13.5. The molecule has 2 aromatic heterocycles. The Hall–Kier alpha value is -4.76. The van der Waals surface area contributed by atoms with Crippen molar-refractivity contribution in [2.24, 2.45) is 17.2 Å². The standard InChI is InChI=1S/C27H37N9O6/c28-8-4-3-7-20(25(39)36-22(27(41)42)9-15-12-32-19-6-2-1-5-17(15)19)34-26(40)21(11-23(30)37)35-24(38)18(29)10-16-13-31-14-33-16/h1-2,5-6,12-14,18,20-22,32H,3-4,7-11,28-29H2,(H2,30,37)(H,31,33)(H,34,40)(H,35,38)(H,36,39)(H,41,42). The number of carbonyl (C=O) groups excluding carboxylic acids is 4. The maximum Gasteiger partial charge on any atom is 0.326 e. The van der Waals surface area contributed by atoms with Crippen LogP contribution in [-0.4, -0.2) is 80.4 Å². The lowest BCUT2D eigenvalue weighted by Crippen LogP contribution is -2.58. The first-order valence-electron chi connectivity index (χ1n) is 13.5. The number of fused-ring (bicyclic) bond motifs is 1. The monoisotopic (exact) mass is 583 g/mol. The third kappa shape index (κ3) is 9.14. The summed E-state index contributed by atoms with van der Waals surface area (Å²) in [5.74, 6) is -4.45. The molecule has 0 radical (unpaired) electrons. The molecular formula is C27H37N9O6. The molecule has 12 N–H and O–H groups in total. The lowest BCUT2D eigenvalue weighted by atomic mass is 10.0. The zero-order valence-electron chi connectivity index (χ0n) is 23.0. The average molecular weight is 584 g/mol. The molecule has 3 rings (SSSR count). The summed E-state index contributed by atoms with van der Waals surface area (Å²) in [6, 6.07) is 2.38. The molecule has 0 fully saturated rings. The van der Waals surface area contributed by atoms with Gasteiger partial charge in [-0.1, -0.05) is 18.2 Å². The normalized spacial score (nSPS) is 14.0. The second kappa shape index (κ2) is 15.3. The van der Waals surface area contributed by atoms with Crippen LogP contribution in [0.15, 0.2) is 43.0 Å². The minimum absolute atomic E-state index is 0.0108. The Balaban J connectivity index is 1.72. The van der Waals surface area contributed by atoms with Gasteiger partial charge in [0.05, 0.1) is 18.8 Å². The summed E-state index contributed by atoms with van der Waals surface area (Å²) in [5, 5.41) is 18.1. The minimum atomic E-state index is -1.42. The van der Waals surface area contributed by atoms with Crippen molar-refractivity contribution in [3.63, 3.8) is 0 Å². The zero-order chi connectivity index (χ0) is 30.6. The molecule has 1 aromatic carbocycles. The largest absolute Gasteiger partial charge is 0.480 e. The molecule has 0 saturated carbocycles. The Labute approximate surface area is 241 Å². The van der Waals surface area contributed by atoms with Crippen LogP contribution in [0.1, 0.15) is 36.9 Å². The van der Waals surface area contributed by atoms with E-state index in [-0.39, 0.29) is 19.3 Å². The van der Waals surface area contributed by atoms with E-state index < -0.39 is 60.2 Å². The Kier molecular flexibility index (Phi) is 11.6. The number of nitrogens with two attached hydrogens (primary N) is 3. The third-order valence-electron chi connectivity index (χ3n) is 6.66. The fourth-order valence-corrected chi connectivity index (χ4v) is 4.44. The van der Waals surface area contributed by atoms with Crippen LogP contribution in [0.5, 0.6) is 0 Å². The summed E-state index contributed by atoms with van der Waals surface area (Å²) in [5.41, 5.74) is 18.9. The van der Waals surface area contributed by atoms with Crippen LogP contribution in [0.3, 0.4) is 0 Å². The summed E-state index contributed by atoms with van der Waals surface area (Å²) in [4.78, 5) is 72.7. The van der Waals surface area contributed by atoms with E-state index in [4.69, 9.17) is 17.2 Å². The van der Waals surface area contributed by atoms with E-state index in [1.807, 2.05) is 24.3 Å². The number of imidazole rings is 1. The number of amides is 4. The maximum atomic E-state index is 13.3. The number of aliphatic carboxylic acids is 1. The highest BCUT2D eigenvalue weighted by molar-refractivity contribution is 5.96. The van der Waals surface area contributed by atoms with Crippen molar-refractivity contribution in [1.29, 1.82) is 0 Å². The average Bonchev–Trinajstić information content (AvgIpc) is 3.61. The molecule has 0 aliphatic rings. The number of benzene rings is 1. The Bertz CT molecular complexity index is 1370. The van der Waals surface area contributed by atoms with Gasteiger partial charge in [-0.2, -0.15) is 0 Å². The molecule has 3 aromatic rings. The summed E-state index contributed by atoms with van der Waals surface area (Å²) in [6.07, 6.45) is 5.24. The minimum Gasteiger partial charge on any atom is -0.480 e. The number of carbonyl (C=O) groups is 5. The van der Waals surface area contributed by atoms with Gasteiger partial charge >= 0.3 is 5.97 Å². The molecular weight excluding hydrogens is 546 g/mol. The zero-order valence-corrected chi connectivity index (χ0v) is 23.0. The van der Waals surface area contributed by atoms with E-state index in [1.54, 1.807) is 6.20 Å². The molecule has 2 heterocycles. The van der Waals surface area contributed by atoms with Gasteiger partial charge in [0, 0.05) is 41.8 Å². The number of carboxylic acid groups (broad SMARTS) is 1. The van der Waals surface area contributed by atoms with Crippen LogP contribution in [0.25, 0.3) is 10.9 Å². The highest BCUT2D eigenvalue weighted by atomic mass is 16.4. The summed E-state index contributed by atoms with van der Waals surface area (Å²) >= 11 is 0. The molecule has 0 bridgehead atoms. The Morgan fingerprint density at radius 2 is 1.60 bits per heavy atom. The number of carboxylic acids is 1. The van der Waals surface area contributed by atoms with Crippen molar-refractivity contribution in [2.45, 2.75) is 62.7 Å². The van der Waals surface area contributed by atoms with Crippen molar-refractivity contribution in [3.05, 3.63) is 54.2 Å². The molecule has 0 spiro atoms. The van der Waals surface area contributed by atoms with Crippen molar-refractivity contribution in [3.8, 4) is 0 Å². The molecule has 4 amide bonds. The lowest BCUT2D eigenvalue weighted by Gasteiger charge is -2.25. The topological polar surface area (TPSA) is 264 Å². The van der Waals surface area contributed by atoms with Gasteiger partial charge in [-0.3, -0.25) is 19.2 Å².